The lowest BCUT2D eigenvalue weighted by molar-refractivity contribution is -0.141. The van der Waals surface area contributed by atoms with Crippen molar-refractivity contribution in [1.29, 1.82) is 0 Å². The Balaban J connectivity index is 1.48. The molecule has 0 bridgehead atoms. The zero-order valence-corrected chi connectivity index (χ0v) is 23.2. The van der Waals surface area contributed by atoms with Crippen LogP contribution in [0.15, 0.2) is 84.9 Å². The van der Waals surface area contributed by atoms with E-state index < -0.39 is 18.0 Å². The van der Waals surface area contributed by atoms with Crippen LogP contribution < -0.4 is 15.4 Å². The molecule has 0 saturated carbocycles. The molecule has 0 saturated heterocycles. The maximum atomic E-state index is 14.2. The molecule has 4 aromatic carbocycles. The molecule has 1 atom stereocenters. The molecule has 212 valence electrons. The lowest BCUT2D eigenvalue weighted by Gasteiger charge is -2.23. The van der Waals surface area contributed by atoms with Crippen LogP contribution in [0.3, 0.4) is 0 Å². The summed E-state index contributed by atoms with van der Waals surface area (Å²) in [6.07, 6.45) is -4.50. The molecule has 0 spiro atoms. The molecule has 1 amide bonds. The maximum Gasteiger partial charge on any atom is 0.399 e. The minimum Gasteiger partial charge on any atom is -0.457 e. The van der Waals surface area contributed by atoms with Crippen molar-refractivity contribution >= 4 is 23.1 Å². The Morgan fingerprint density at radius 2 is 1.24 bits per heavy atom. The zero-order valence-electron chi connectivity index (χ0n) is 23.2. The topological polar surface area (TPSA) is 67.4 Å². The smallest absolute Gasteiger partial charge is 0.399 e. The van der Waals surface area contributed by atoms with E-state index in [-0.39, 0.29) is 16.9 Å². The van der Waals surface area contributed by atoms with Crippen LogP contribution in [0.4, 0.5) is 24.5 Å². The molecular weight excluding hydrogens is 529 g/mol. The molecule has 5 nitrogen and oxygen atoms in total. The third kappa shape index (κ3) is 7.14. The quantitative estimate of drug-likeness (QED) is 0.201. The first-order valence-corrected chi connectivity index (χ1v) is 13.2. The van der Waals surface area contributed by atoms with E-state index in [1.54, 1.807) is 74.5 Å². The Bertz CT molecular complexity index is 1550. The highest BCUT2D eigenvalue weighted by Crippen LogP contribution is 2.42. The number of anilines is 2. The van der Waals surface area contributed by atoms with E-state index in [0.717, 1.165) is 11.3 Å². The van der Waals surface area contributed by atoms with E-state index in [1.807, 2.05) is 6.92 Å². The van der Waals surface area contributed by atoms with Gasteiger partial charge in [-0.05, 0) is 111 Å². The number of nitrogens with one attached hydrogen (secondary N) is 2. The monoisotopic (exact) mass is 560 g/mol. The zero-order chi connectivity index (χ0) is 29.7. The van der Waals surface area contributed by atoms with Gasteiger partial charge in [-0.1, -0.05) is 24.3 Å². The molecule has 0 radical (unpaired) electrons. The van der Waals surface area contributed by atoms with Crippen LogP contribution >= 0.6 is 0 Å². The number of ketones is 1. The van der Waals surface area contributed by atoms with Gasteiger partial charge in [-0.2, -0.15) is 13.2 Å². The third-order valence-corrected chi connectivity index (χ3v) is 6.72. The van der Waals surface area contributed by atoms with E-state index in [2.05, 4.69) is 10.6 Å². The van der Waals surface area contributed by atoms with Crippen LogP contribution in [-0.4, -0.2) is 24.4 Å². The van der Waals surface area contributed by atoms with Crippen molar-refractivity contribution in [3.8, 4) is 11.5 Å². The van der Waals surface area contributed by atoms with Crippen molar-refractivity contribution in [2.45, 2.75) is 39.8 Å². The first kappa shape index (κ1) is 29.4. The Labute approximate surface area is 237 Å². The molecule has 41 heavy (non-hydrogen) atoms. The van der Waals surface area contributed by atoms with Gasteiger partial charge in [0, 0.05) is 29.0 Å². The molecule has 0 heterocycles. The number of rotatable bonds is 9. The summed E-state index contributed by atoms with van der Waals surface area (Å²) in [6, 6.07) is 22.3. The number of amides is 1. The average Bonchev–Trinajstić information content (AvgIpc) is 2.92. The second kappa shape index (κ2) is 12.3. The molecule has 0 fully saturated rings. The molecule has 2 N–H and O–H groups in total. The average molecular weight is 561 g/mol. The number of hydrogen-bond donors (Lipinski definition) is 2. The van der Waals surface area contributed by atoms with Crippen molar-refractivity contribution < 1.29 is 27.5 Å². The highest BCUT2D eigenvalue weighted by molar-refractivity contribution is 6.04. The standard InChI is InChI=1S/C33H31F3N2O3/c1-5-37-29-16-10-25(18-20(29)2)31(33(34,35)36)26-11-17-30(21(3)19-26)38-32(40)24-8-14-28(15-9-24)41-27-12-6-23(7-13-27)22(4)39/h6-19,31,37H,5H2,1-4H3,(H,38,40). The van der Waals surface area contributed by atoms with Crippen molar-refractivity contribution in [2.75, 3.05) is 17.2 Å². The van der Waals surface area contributed by atoms with E-state index in [0.29, 0.717) is 40.4 Å². The highest BCUT2D eigenvalue weighted by Gasteiger charge is 2.42. The number of ether oxygens (including phenoxy) is 1. The molecule has 1 unspecified atom stereocenters. The molecule has 0 aromatic heterocycles. The van der Waals surface area contributed by atoms with Crippen LogP contribution in [0, 0.1) is 13.8 Å². The Hall–Kier alpha value is -4.59. The van der Waals surface area contributed by atoms with Crippen molar-refractivity contribution in [2.24, 2.45) is 0 Å². The van der Waals surface area contributed by atoms with Gasteiger partial charge in [0.25, 0.3) is 5.91 Å². The first-order chi connectivity index (χ1) is 19.5. The van der Waals surface area contributed by atoms with Crippen LogP contribution in [-0.2, 0) is 0 Å². The lowest BCUT2D eigenvalue weighted by atomic mass is 9.88. The van der Waals surface area contributed by atoms with Crippen LogP contribution in [0.1, 0.15) is 62.7 Å². The molecule has 0 aliphatic rings. The van der Waals surface area contributed by atoms with E-state index >= 15 is 0 Å². The van der Waals surface area contributed by atoms with Gasteiger partial charge in [0.1, 0.15) is 17.4 Å². The number of carbonyl (C=O) groups excluding carboxylic acids is 2. The fourth-order valence-electron chi connectivity index (χ4n) is 4.59. The summed E-state index contributed by atoms with van der Waals surface area (Å²) in [7, 11) is 0. The number of alkyl halides is 3. The van der Waals surface area contributed by atoms with Crippen LogP contribution in [0.2, 0.25) is 0 Å². The number of halogens is 3. The van der Waals surface area contributed by atoms with E-state index in [1.165, 1.54) is 31.2 Å². The number of Topliss-reactive ketones (excluding diaryl/α,β-unsaturated/α-hetero) is 1. The molecule has 0 aliphatic carbocycles. The summed E-state index contributed by atoms with van der Waals surface area (Å²) in [5, 5.41) is 5.94. The summed E-state index contributed by atoms with van der Waals surface area (Å²) < 4.78 is 48.5. The summed E-state index contributed by atoms with van der Waals surface area (Å²) in [5.41, 5.74) is 3.67. The fraction of sp³-hybridized carbons (Fsp3) is 0.212. The predicted octanol–water partition coefficient (Wildman–Crippen LogP) is 8.68. The fourth-order valence-corrected chi connectivity index (χ4v) is 4.59. The molecule has 0 aliphatic heterocycles. The van der Waals surface area contributed by atoms with Crippen LogP contribution in [0.5, 0.6) is 11.5 Å². The maximum absolute atomic E-state index is 14.2. The Morgan fingerprint density at radius 1 is 0.756 bits per heavy atom. The molecule has 4 aromatic rings. The minimum absolute atomic E-state index is 0.0399. The van der Waals surface area contributed by atoms with Crippen LogP contribution in [0.25, 0.3) is 0 Å². The normalized spacial score (nSPS) is 12.0. The van der Waals surface area contributed by atoms with Crippen molar-refractivity contribution in [3.05, 3.63) is 118 Å². The summed E-state index contributed by atoms with van der Waals surface area (Å²) >= 11 is 0. The van der Waals surface area contributed by atoms with E-state index in [9.17, 15) is 22.8 Å². The Morgan fingerprint density at radius 3 is 1.68 bits per heavy atom. The second-order valence-corrected chi connectivity index (χ2v) is 9.81. The molecule has 8 heteroatoms. The number of aryl methyl sites for hydroxylation is 2. The van der Waals surface area contributed by atoms with Gasteiger partial charge >= 0.3 is 6.18 Å². The van der Waals surface area contributed by atoms with Gasteiger partial charge in [0.05, 0.1) is 0 Å². The molecular formula is C33H31F3N2O3. The first-order valence-electron chi connectivity index (χ1n) is 13.2. The van der Waals surface area contributed by atoms with Crippen molar-refractivity contribution in [3.63, 3.8) is 0 Å². The number of carbonyl (C=O) groups is 2. The molecule has 4 rings (SSSR count). The lowest BCUT2D eigenvalue weighted by Crippen LogP contribution is -2.22. The largest absolute Gasteiger partial charge is 0.457 e. The summed E-state index contributed by atoms with van der Waals surface area (Å²) in [4.78, 5) is 24.3. The van der Waals surface area contributed by atoms with Gasteiger partial charge in [0.15, 0.2) is 5.78 Å². The predicted molar refractivity (Wildman–Crippen MR) is 155 cm³/mol. The van der Waals surface area contributed by atoms with Gasteiger partial charge in [-0.15, -0.1) is 0 Å². The minimum atomic E-state index is -4.50. The van der Waals surface area contributed by atoms with Gasteiger partial charge in [-0.25, -0.2) is 0 Å². The number of hydrogen-bond acceptors (Lipinski definition) is 4. The second-order valence-electron chi connectivity index (χ2n) is 9.81. The summed E-state index contributed by atoms with van der Waals surface area (Å²) in [6.45, 7) is 7.54. The van der Waals surface area contributed by atoms with Gasteiger partial charge < -0.3 is 15.4 Å². The third-order valence-electron chi connectivity index (χ3n) is 6.72. The Kier molecular flexibility index (Phi) is 8.81. The highest BCUT2D eigenvalue weighted by atomic mass is 19.4. The van der Waals surface area contributed by atoms with Gasteiger partial charge in [0.2, 0.25) is 0 Å². The number of benzene rings is 4. The SMILES string of the molecule is CCNc1ccc(C(c2ccc(NC(=O)c3ccc(Oc4ccc(C(C)=O)cc4)cc3)c(C)c2)C(F)(F)F)cc1C. The van der Waals surface area contributed by atoms with Crippen molar-refractivity contribution in [1.82, 2.24) is 0 Å². The van der Waals surface area contributed by atoms with E-state index in [4.69, 9.17) is 4.74 Å². The summed E-state index contributed by atoms with van der Waals surface area (Å²) in [5.74, 6) is -1.19. The van der Waals surface area contributed by atoms with Gasteiger partial charge in [-0.3, -0.25) is 9.59 Å².